The second-order valence-electron chi connectivity index (χ2n) is 6.09. The van der Waals surface area contributed by atoms with E-state index in [2.05, 4.69) is 91.4 Å². The number of hydrogen-bond donors (Lipinski definition) is 0. The first-order valence-corrected chi connectivity index (χ1v) is 7.77. The molecule has 0 amide bonds. The first-order valence-electron chi connectivity index (χ1n) is 7.77. The third kappa shape index (κ3) is 1.80. The lowest BCUT2D eigenvalue weighted by Gasteiger charge is -2.29. The maximum absolute atomic E-state index is 2.44. The third-order valence-corrected chi connectivity index (χ3v) is 4.79. The summed E-state index contributed by atoms with van der Waals surface area (Å²) in [6.07, 6.45) is 0.313. The Morgan fingerprint density at radius 1 is 0.773 bits per heavy atom. The first kappa shape index (κ1) is 13.2. The summed E-state index contributed by atoms with van der Waals surface area (Å²) in [7, 11) is 2.18. The minimum atomic E-state index is 0.313. The van der Waals surface area contributed by atoms with Crippen molar-refractivity contribution in [3.63, 3.8) is 0 Å². The molecule has 1 aliphatic rings. The molecule has 110 valence electrons. The second kappa shape index (κ2) is 4.77. The minimum absolute atomic E-state index is 0.313. The average Bonchev–Trinajstić information content (AvgIpc) is 2.77. The molecule has 1 aliphatic heterocycles. The van der Waals surface area contributed by atoms with Gasteiger partial charge in [-0.15, -0.1) is 0 Å². The molecule has 0 aliphatic carbocycles. The van der Waals surface area contributed by atoms with Crippen LogP contribution in [0.25, 0.3) is 10.8 Å². The zero-order valence-electron chi connectivity index (χ0n) is 13.2. The van der Waals surface area contributed by atoms with Crippen LogP contribution in [0.5, 0.6) is 0 Å². The molecule has 3 aromatic rings. The fourth-order valence-electron chi connectivity index (χ4n) is 3.43. The summed E-state index contributed by atoms with van der Waals surface area (Å²) in [5, 5.41) is 2.59. The maximum atomic E-state index is 2.44. The molecule has 1 atom stereocenters. The van der Waals surface area contributed by atoms with Gasteiger partial charge < -0.3 is 9.80 Å². The Hall–Kier alpha value is -2.48. The van der Waals surface area contributed by atoms with Gasteiger partial charge in [0.05, 0.1) is 11.4 Å². The molecule has 22 heavy (non-hydrogen) atoms. The molecule has 4 rings (SSSR count). The Kier molecular flexibility index (Phi) is 2.86. The van der Waals surface area contributed by atoms with Gasteiger partial charge in [0, 0.05) is 12.7 Å². The van der Waals surface area contributed by atoms with Crippen molar-refractivity contribution in [3.8, 4) is 0 Å². The van der Waals surface area contributed by atoms with E-state index < -0.39 is 0 Å². The minimum Gasteiger partial charge on any atom is -0.352 e. The first-order chi connectivity index (χ1) is 10.7. The van der Waals surface area contributed by atoms with Gasteiger partial charge in [0.15, 0.2) is 0 Å². The normalized spacial score (nSPS) is 17.1. The van der Waals surface area contributed by atoms with Crippen molar-refractivity contribution in [1.29, 1.82) is 0 Å². The molecule has 0 spiro atoms. The van der Waals surface area contributed by atoms with Crippen LogP contribution in [0, 0.1) is 6.92 Å². The molecular weight excluding hydrogens is 268 g/mol. The number of aryl methyl sites for hydroxylation is 1. The SMILES string of the molecule is Cc1ccccc1N1c2cc3ccccc3cc2N(C)C1C. The Bertz CT molecular complexity index is 853. The summed E-state index contributed by atoms with van der Waals surface area (Å²) in [6.45, 7) is 4.44. The summed E-state index contributed by atoms with van der Waals surface area (Å²) in [6, 6.07) is 21.8. The van der Waals surface area contributed by atoms with Gasteiger partial charge in [-0.3, -0.25) is 0 Å². The van der Waals surface area contributed by atoms with Crippen LogP contribution in [0.15, 0.2) is 60.7 Å². The van der Waals surface area contributed by atoms with Crippen LogP contribution in [0.3, 0.4) is 0 Å². The molecule has 3 aromatic carbocycles. The van der Waals surface area contributed by atoms with Gasteiger partial charge in [0.25, 0.3) is 0 Å². The topological polar surface area (TPSA) is 6.48 Å². The predicted molar refractivity (Wildman–Crippen MR) is 95.1 cm³/mol. The largest absolute Gasteiger partial charge is 0.352 e. The van der Waals surface area contributed by atoms with E-state index in [-0.39, 0.29) is 0 Å². The Morgan fingerprint density at radius 3 is 2.05 bits per heavy atom. The highest BCUT2D eigenvalue weighted by molar-refractivity contribution is 5.96. The molecular formula is C20H20N2. The van der Waals surface area contributed by atoms with Crippen LogP contribution < -0.4 is 9.80 Å². The van der Waals surface area contributed by atoms with Crippen molar-refractivity contribution in [2.24, 2.45) is 0 Å². The van der Waals surface area contributed by atoms with Gasteiger partial charge in [-0.25, -0.2) is 0 Å². The monoisotopic (exact) mass is 288 g/mol. The van der Waals surface area contributed by atoms with E-state index in [1.165, 1.54) is 33.4 Å². The summed E-state index contributed by atoms with van der Waals surface area (Å²) in [5.41, 5.74) is 5.19. The van der Waals surface area contributed by atoms with E-state index in [9.17, 15) is 0 Å². The van der Waals surface area contributed by atoms with Crippen LogP contribution in [-0.4, -0.2) is 13.2 Å². The molecule has 0 N–H and O–H groups in total. The zero-order valence-corrected chi connectivity index (χ0v) is 13.2. The molecule has 0 fully saturated rings. The van der Waals surface area contributed by atoms with E-state index >= 15 is 0 Å². The molecule has 1 unspecified atom stereocenters. The highest BCUT2D eigenvalue weighted by Gasteiger charge is 2.32. The average molecular weight is 288 g/mol. The lowest BCUT2D eigenvalue weighted by molar-refractivity contribution is 0.733. The van der Waals surface area contributed by atoms with Crippen LogP contribution >= 0.6 is 0 Å². The molecule has 0 radical (unpaired) electrons. The second-order valence-corrected chi connectivity index (χ2v) is 6.09. The van der Waals surface area contributed by atoms with E-state index in [4.69, 9.17) is 0 Å². The molecule has 2 nitrogen and oxygen atoms in total. The number of anilines is 3. The number of para-hydroxylation sites is 1. The standard InChI is InChI=1S/C20H20N2/c1-14-8-4-7-11-18(14)22-15(2)21(3)19-12-16-9-5-6-10-17(16)13-20(19)22/h4-13,15H,1-3H3. The van der Waals surface area contributed by atoms with Crippen molar-refractivity contribution >= 4 is 27.8 Å². The lowest BCUT2D eigenvalue weighted by Crippen LogP contribution is -2.35. The number of rotatable bonds is 1. The quantitative estimate of drug-likeness (QED) is 0.616. The van der Waals surface area contributed by atoms with Gasteiger partial charge in [0.2, 0.25) is 0 Å². The van der Waals surface area contributed by atoms with Gasteiger partial charge >= 0.3 is 0 Å². The Labute approximate surface area is 131 Å². The van der Waals surface area contributed by atoms with Crippen LogP contribution in [-0.2, 0) is 0 Å². The molecule has 0 bridgehead atoms. The van der Waals surface area contributed by atoms with Crippen LogP contribution in [0.1, 0.15) is 12.5 Å². The molecule has 0 saturated carbocycles. The number of fused-ring (bicyclic) bond motifs is 2. The molecule has 0 saturated heterocycles. The zero-order chi connectivity index (χ0) is 15.3. The van der Waals surface area contributed by atoms with E-state index in [1.807, 2.05) is 0 Å². The maximum Gasteiger partial charge on any atom is 0.103 e. The summed E-state index contributed by atoms with van der Waals surface area (Å²) in [4.78, 5) is 4.80. The van der Waals surface area contributed by atoms with Crippen molar-refractivity contribution < 1.29 is 0 Å². The highest BCUT2D eigenvalue weighted by atomic mass is 15.4. The van der Waals surface area contributed by atoms with Gasteiger partial charge in [0.1, 0.15) is 6.17 Å². The Morgan fingerprint density at radius 2 is 1.36 bits per heavy atom. The summed E-state index contributed by atoms with van der Waals surface area (Å²) in [5.74, 6) is 0. The van der Waals surface area contributed by atoms with Crippen molar-refractivity contribution in [1.82, 2.24) is 0 Å². The number of hydrogen-bond acceptors (Lipinski definition) is 2. The van der Waals surface area contributed by atoms with Crippen molar-refractivity contribution in [3.05, 3.63) is 66.2 Å². The van der Waals surface area contributed by atoms with E-state index in [0.717, 1.165) is 0 Å². The highest BCUT2D eigenvalue weighted by Crippen LogP contribution is 2.45. The summed E-state index contributed by atoms with van der Waals surface area (Å²) < 4.78 is 0. The van der Waals surface area contributed by atoms with E-state index in [0.29, 0.717) is 6.17 Å². The van der Waals surface area contributed by atoms with E-state index in [1.54, 1.807) is 0 Å². The molecule has 0 aromatic heterocycles. The number of nitrogens with zero attached hydrogens (tertiary/aromatic N) is 2. The fourth-order valence-corrected chi connectivity index (χ4v) is 3.43. The van der Waals surface area contributed by atoms with Crippen LogP contribution in [0.2, 0.25) is 0 Å². The van der Waals surface area contributed by atoms with Gasteiger partial charge in [-0.1, -0.05) is 42.5 Å². The lowest BCUT2D eigenvalue weighted by atomic mass is 10.1. The fraction of sp³-hybridized carbons (Fsp3) is 0.200. The van der Waals surface area contributed by atoms with Crippen molar-refractivity contribution in [2.45, 2.75) is 20.0 Å². The van der Waals surface area contributed by atoms with Crippen LogP contribution in [0.4, 0.5) is 17.1 Å². The van der Waals surface area contributed by atoms with Gasteiger partial charge in [-0.2, -0.15) is 0 Å². The molecule has 2 heteroatoms. The van der Waals surface area contributed by atoms with Gasteiger partial charge in [-0.05, 0) is 48.4 Å². The smallest absolute Gasteiger partial charge is 0.103 e. The predicted octanol–water partition coefficient (Wildman–Crippen LogP) is 5.08. The number of benzene rings is 3. The third-order valence-electron chi connectivity index (χ3n) is 4.79. The Balaban J connectivity index is 1.97. The summed E-state index contributed by atoms with van der Waals surface area (Å²) >= 11 is 0. The molecule has 1 heterocycles. The van der Waals surface area contributed by atoms with Crippen molar-refractivity contribution in [2.75, 3.05) is 16.8 Å².